The summed E-state index contributed by atoms with van der Waals surface area (Å²) in [6.07, 6.45) is 32.6. The topological polar surface area (TPSA) is 111 Å². The third-order valence-corrected chi connectivity index (χ3v) is 10.6. The summed E-state index contributed by atoms with van der Waals surface area (Å²) in [7, 11) is 1.63. The lowest BCUT2D eigenvalue weighted by Gasteiger charge is -2.26. The van der Waals surface area contributed by atoms with Gasteiger partial charge in [0.25, 0.3) is 7.82 Å². The maximum atomic E-state index is 12.7. The van der Waals surface area contributed by atoms with Crippen molar-refractivity contribution in [3.8, 4) is 0 Å². The predicted molar refractivity (Wildman–Crippen MR) is 213 cm³/mol. The molecule has 0 aliphatic heterocycles. The number of quaternary nitrogens is 1. The van der Waals surface area contributed by atoms with Gasteiger partial charge in [-0.2, -0.15) is 0 Å². The molecule has 0 saturated carbocycles. The van der Waals surface area contributed by atoms with Crippen molar-refractivity contribution in [2.75, 3.05) is 47.5 Å². The van der Waals surface area contributed by atoms with Gasteiger partial charge in [0.05, 0.1) is 40.9 Å². The number of esters is 2. The quantitative estimate of drug-likeness (QED) is 0.0263. The highest BCUT2D eigenvalue weighted by Crippen LogP contribution is 2.38. The molecule has 0 aromatic heterocycles. The first kappa shape index (κ1) is 51.0. The molecule has 0 N–H and O–H groups in total. The molecule has 2 unspecified atom stereocenters. The summed E-state index contributed by atoms with van der Waals surface area (Å²) in [5, 5.41) is 0. The molecule has 0 heterocycles. The fourth-order valence-corrected chi connectivity index (χ4v) is 7.05. The number of hydrogen-bond acceptors (Lipinski definition) is 8. The Bertz CT molecular complexity index is 865. The standard InChI is InChI=1S/C42H84NO8P/c1-6-8-10-12-14-16-18-20-22-24-26-28-30-34-41(44)48-38-40(39-50-52(46,47)49-37-33-32-36-43(3,4)5)51-42(45)35-31-29-27-25-23-21-19-17-15-13-11-9-7-2/h40H,6-39H2,1-5H3. The number of carbonyl (C=O) groups is 2. The first-order chi connectivity index (χ1) is 25.0. The van der Waals surface area contributed by atoms with E-state index in [1.54, 1.807) is 0 Å². The van der Waals surface area contributed by atoms with Crippen LogP contribution in [0.3, 0.4) is 0 Å². The summed E-state index contributed by atoms with van der Waals surface area (Å²) >= 11 is 0. The largest absolute Gasteiger partial charge is 0.756 e. The Labute approximate surface area is 321 Å². The van der Waals surface area contributed by atoms with E-state index in [1.807, 2.05) is 0 Å². The highest BCUT2D eigenvalue weighted by molar-refractivity contribution is 7.45. The SMILES string of the molecule is CCCCCCCCCCCCCCCC(=O)OCC(COP(=O)([O-])OCCCC[N+](C)(C)C)OC(=O)CCCCCCCCCCCCCCC. The molecular formula is C42H84NO8P. The molecule has 0 fully saturated rings. The zero-order valence-electron chi connectivity index (χ0n) is 34.8. The van der Waals surface area contributed by atoms with Crippen LogP contribution in [0, 0.1) is 0 Å². The zero-order chi connectivity index (χ0) is 38.6. The Morgan fingerprint density at radius 3 is 1.31 bits per heavy atom. The Kier molecular flexibility index (Phi) is 35.0. The van der Waals surface area contributed by atoms with Gasteiger partial charge in [0, 0.05) is 12.8 Å². The fourth-order valence-electron chi connectivity index (χ4n) is 6.27. The maximum Gasteiger partial charge on any atom is 0.306 e. The molecular weight excluding hydrogens is 677 g/mol. The molecule has 0 rings (SSSR count). The van der Waals surface area contributed by atoms with Crippen molar-refractivity contribution in [3.05, 3.63) is 0 Å². The molecule has 0 aliphatic rings. The van der Waals surface area contributed by atoms with Gasteiger partial charge in [0.1, 0.15) is 6.61 Å². The van der Waals surface area contributed by atoms with Crippen LogP contribution in [-0.2, 0) is 32.7 Å². The average molecular weight is 762 g/mol. The molecule has 0 aromatic carbocycles. The van der Waals surface area contributed by atoms with E-state index in [9.17, 15) is 19.0 Å². The van der Waals surface area contributed by atoms with Crippen LogP contribution in [0.25, 0.3) is 0 Å². The summed E-state index contributed by atoms with van der Waals surface area (Å²) in [5.41, 5.74) is 0. The van der Waals surface area contributed by atoms with Crippen molar-refractivity contribution in [2.45, 2.75) is 213 Å². The predicted octanol–water partition coefficient (Wildman–Crippen LogP) is 11.4. The first-order valence-electron chi connectivity index (χ1n) is 21.7. The molecule has 0 bridgehead atoms. The van der Waals surface area contributed by atoms with Crippen LogP contribution in [-0.4, -0.2) is 70.0 Å². The average Bonchev–Trinajstić information content (AvgIpc) is 3.09. The van der Waals surface area contributed by atoms with Gasteiger partial charge in [-0.3, -0.25) is 14.2 Å². The Morgan fingerprint density at radius 2 is 0.904 bits per heavy atom. The van der Waals surface area contributed by atoms with Crippen molar-refractivity contribution >= 4 is 19.8 Å². The minimum Gasteiger partial charge on any atom is -0.756 e. The van der Waals surface area contributed by atoms with Crippen LogP contribution < -0.4 is 4.89 Å². The number of hydrogen-bond donors (Lipinski definition) is 0. The van der Waals surface area contributed by atoms with Crippen molar-refractivity contribution in [2.24, 2.45) is 0 Å². The zero-order valence-corrected chi connectivity index (χ0v) is 35.7. The second kappa shape index (κ2) is 35.7. The Morgan fingerprint density at radius 1 is 0.519 bits per heavy atom. The maximum absolute atomic E-state index is 12.7. The van der Waals surface area contributed by atoms with E-state index < -0.39 is 26.5 Å². The van der Waals surface area contributed by atoms with Gasteiger partial charge in [0.15, 0.2) is 6.10 Å². The molecule has 0 radical (unpaired) electrons. The van der Waals surface area contributed by atoms with Crippen molar-refractivity contribution < 1.29 is 42.1 Å². The number of ether oxygens (including phenoxy) is 2. The number of nitrogens with zero attached hydrogens (tertiary/aromatic N) is 1. The third-order valence-electron chi connectivity index (χ3n) is 9.59. The van der Waals surface area contributed by atoms with Crippen molar-refractivity contribution in [1.82, 2.24) is 0 Å². The van der Waals surface area contributed by atoms with Crippen molar-refractivity contribution in [1.29, 1.82) is 0 Å². The van der Waals surface area contributed by atoms with E-state index in [1.165, 1.54) is 128 Å². The molecule has 0 spiro atoms. The molecule has 310 valence electrons. The van der Waals surface area contributed by atoms with E-state index in [4.69, 9.17) is 18.5 Å². The van der Waals surface area contributed by atoms with Crippen LogP contribution in [0.5, 0.6) is 0 Å². The minimum atomic E-state index is -4.60. The van der Waals surface area contributed by atoms with E-state index >= 15 is 0 Å². The van der Waals surface area contributed by atoms with Crippen LogP contribution in [0.4, 0.5) is 0 Å². The third kappa shape index (κ3) is 38.7. The smallest absolute Gasteiger partial charge is 0.306 e. The second-order valence-electron chi connectivity index (χ2n) is 16.1. The number of phosphoric ester groups is 1. The van der Waals surface area contributed by atoms with Crippen LogP contribution >= 0.6 is 7.82 Å². The van der Waals surface area contributed by atoms with Gasteiger partial charge in [-0.05, 0) is 25.7 Å². The Balaban J connectivity index is 4.42. The second-order valence-corrected chi connectivity index (χ2v) is 17.5. The fraction of sp³-hybridized carbons (Fsp3) is 0.952. The summed E-state index contributed by atoms with van der Waals surface area (Å²) in [6, 6.07) is 0. The molecule has 0 amide bonds. The number of rotatable bonds is 40. The van der Waals surface area contributed by atoms with E-state index in [2.05, 4.69) is 35.0 Å². The molecule has 0 aromatic rings. The Hall–Kier alpha value is -0.990. The lowest BCUT2D eigenvalue weighted by Crippen LogP contribution is -2.35. The number of carbonyl (C=O) groups excluding carboxylic acids is 2. The summed E-state index contributed by atoms with van der Waals surface area (Å²) in [6.45, 7) is 4.73. The van der Waals surface area contributed by atoms with E-state index in [-0.39, 0.29) is 32.0 Å². The monoisotopic (exact) mass is 762 g/mol. The summed E-state index contributed by atoms with van der Waals surface area (Å²) < 4.78 is 34.3. The van der Waals surface area contributed by atoms with Crippen LogP contribution in [0.1, 0.15) is 206 Å². The normalized spacial score (nSPS) is 13.6. The lowest BCUT2D eigenvalue weighted by molar-refractivity contribution is -0.870. The summed E-state index contributed by atoms with van der Waals surface area (Å²) in [4.78, 5) is 37.5. The number of phosphoric acid groups is 1. The van der Waals surface area contributed by atoms with E-state index in [0.29, 0.717) is 12.8 Å². The van der Waals surface area contributed by atoms with Gasteiger partial charge < -0.3 is 27.9 Å². The highest BCUT2D eigenvalue weighted by Gasteiger charge is 2.21. The molecule has 0 saturated heterocycles. The highest BCUT2D eigenvalue weighted by atomic mass is 31.2. The molecule has 10 heteroatoms. The van der Waals surface area contributed by atoms with Crippen LogP contribution in [0.2, 0.25) is 0 Å². The van der Waals surface area contributed by atoms with E-state index in [0.717, 1.165) is 49.6 Å². The first-order valence-corrected chi connectivity index (χ1v) is 23.2. The van der Waals surface area contributed by atoms with Gasteiger partial charge in [-0.1, -0.05) is 168 Å². The molecule has 9 nitrogen and oxygen atoms in total. The lowest BCUT2D eigenvalue weighted by atomic mass is 10.0. The van der Waals surface area contributed by atoms with Gasteiger partial charge in [0.2, 0.25) is 0 Å². The number of unbranched alkanes of at least 4 members (excludes halogenated alkanes) is 25. The van der Waals surface area contributed by atoms with Crippen molar-refractivity contribution in [3.63, 3.8) is 0 Å². The molecule has 52 heavy (non-hydrogen) atoms. The van der Waals surface area contributed by atoms with Gasteiger partial charge >= 0.3 is 11.9 Å². The van der Waals surface area contributed by atoms with Crippen LogP contribution in [0.15, 0.2) is 0 Å². The summed E-state index contributed by atoms with van der Waals surface area (Å²) in [5.74, 6) is -0.814. The minimum absolute atomic E-state index is 0.0262. The molecule has 0 aliphatic carbocycles. The van der Waals surface area contributed by atoms with Gasteiger partial charge in [-0.15, -0.1) is 0 Å². The molecule has 2 atom stereocenters. The van der Waals surface area contributed by atoms with Gasteiger partial charge in [-0.25, -0.2) is 0 Å².